The molecule has 8 heteroatoms. The van der Waals surface area contributed by atoms with E-state index < -0.39 is 0 Å². The highest BCUT2D eigenvalue weighted by Gasteiger charge is 2.00. The molecule has 0 spiro atoms. The van der Waals surface area contributed by atoms with Crippen LogP contribution in [-0.4, -0.2) is 42.7 Å². The Labute approximate surface area is 177 Å². The second kappa shape index (κ2) is 13.0. The van der Waals surface area contributed by atoms with Crippen LogP contribution in [0.4, 0.5) is 5.69 Å². The zero-order chi connectivity index (χ0) is 18.6. The van der Waals surface area contributed by atoms with Gasteiger partial charge in [-0.15, -0.1) is 24.0 Å². The van der Waals surface area contributed by atoms with Gasteiger partial charge >= 0.3 is 0 Å². The van der Waals surface area contributed by atoms with E-state index >= 15 is 0 Å². The summed E-state index contributed by atoms with van der Waals surface area (Å²) in [6, 6.07) is 11.4. The highest BCUT2D eigenvalue weighted by Crippen LogP contribution is 2.16. The molecule has 27 heavy (non-hydrogen) atoms. The smallest absolute Gasteiger partial charge is 0.221 e. The van der Waals surface area contributed by atoms with Crippen molar-refractivity contribution in [2.45, 2.75) is 20.4 Å². The highest BCUT2D eigenvalue weighted by molar-refractivity contribution is 14.0. The van der Waals surface area contributed by atoms with E-state index in [4.69, 9.17) is 4.74 Å². The van der Waals surface area contributed by atoms with E-state index in [-0.39, 0.29) is 29.9 Å². The van der Waals surface area contributed by atoms with Gasteiger partial charge in [0.1, 0.15) is 12.4 Å². The Balaban J connectivity index is 0.00000364. The number of aromatic nitrogens is 1. The number of ether oxygens (including phenoxy) is 1. The third kappa shape index (κ3) is 9.32. The van der Waals surface area contributed by atoms with Gasteiger partial charge in [-0.1, -0.05) is 6.07 Å². The molecule has 3 N–H and O–H groups in total. The number of carbonyl (C=O) groups is 1. The maximum Gasteiger partial charge on any atom is 0.221 e. The second-order valence-corrected chi connectivity index (χ2v) is 5.67. The molecule has 0 aliphatic rings. The largest absolute Gasteiger partial charge is 0.492 e. The maximum atomic E-state index is 11.1. The van der Waals surface area contributed by atoms with Crippen LogP contribution in [0, 0.1) is 0 Å². The number of nitrogens with zero attached hydrogens (tertiary/aromatic N) is 2. The topological polar surface area (TPSA) is 79.7 Å². The molecule has 1 heterocycles. The summed E-state index contributed by atoms with van der Waals surface area (Å²) in [6.45, 7) is 6.97. The first-order valence-corrected chi connectivity index (χ1v) is 8.80. The van der Waals surface area contributed by atoms with E-state index in [2.05, 4.69) is 25.5 Å². The van der Waals surface area contributed by atoms with E-state index in [0.717, 1.165) is 24.7 Å². The van der Waals surface area contributed by atoms with Crippen LogP contribution in [0.1, 0.15) is 13.8 Å². The van der Waals surface area contributed by atoms with E-state index in [1.54, 1.807) is 6.07 Å². The van der Waals surface area contributed by atoms with Gasteiger partial charge < -0.3 is 25.3 Å². The minimum absolute atomic E-state index is 0. The molecule has 0 bridgehead atoms. The number of hydrogen-bond acceptors (Lipinski definition) is 3. The first kappa shape index (κ1) is 22.8. The Hall–Kier alpha value is -2.23. The number of carbonyl (C=O) groups excluding carboxylic acids is 1. The van der Waals surface area contributed by atoms with Gasteiger partial charge in [-0.2, -0.15) is 0 Å². The van der Waals surface area contributed by atoms with Crippen LogP contribution in [-0.2, 0) is 11.3 Å². The van der Waals surface area contributed by atoms with Gasteiger partial charge in [-0.25, -0.2) is 0 Å². The first-order valence-electron chi connectivity index (χ1n) is 8.80. The van der Waals surface area contributed by atoms with Crippen LogP contribution in [0.5, 0.6) is 5.75 Å². The van der Waals surface area contributed by atoms with Gasteiger partial charge in [-0.3, -0.25) is 9.79 Å². The van der Waals surface area contributed by atoms with Crippen LogP contribution >= 0.6 is 24.0 Å². The molecule has 148 valence electrons. The van der Waals surface area contributed by atoms with Crippen molar-refractivity contribution in [1.82, 2.24) is 15.2 Å². The van der Waals surface area contributed by atoms with E-state index in [0.29, 0.717) is 25.4 Å². The summed E-state index contributed by atoms with van der Waals surface area (Å²) < 4.78 is 7.81. The van der Waals surface area contributed by atoms with E-state index in [1.165, 1.54) is 6.92 Å². The van der Waals surface area contributed by atoms with Crippen molar-refractivity contribution in [3.05, 3.63) is 48.8 Å². The van der Waals surface area contributed by atoms with Crippen molar-refractivity contribution in [2.24, 2.45) is 4.99 Å². The summed E-state index contributed by atoms with van der Waals surface area (Å²) >= 11 is 0. The lowest BCUT2D eigenvalue weighted by molar-refractivity contribution is -0.114. The Morgan fingerprint density at radius 1 is 1.19 bits per heavy atom. The lowest BCUT2D eigenvalue weighted by atomic mass is 10.3. The summed E-state index contributed by atoms with van der Waals surface area (Å²) in [5.74, 6) is 1.39. The number of amides is 1. The molecule has 2 rings (SSSR count). The lowest BCUT2D eigenvalue weighted by Crippen LogP contribution is -2.39. The van der Waals surface area contributed by atoms with Crippen LogP contribution < -0.4 is 20.7 Å². The van der Waals surface area contributed by atoms with Crippen LogP contribution in [0.3, 0.4) is 0 Å². The quantitative estimate of drug-likeness (QED) is 0.221. The lowest BCUT2D eigenvalue weighted by Gasteiger charge is -2.12. The van der Waals surface area contributed by atoms with Gasteiger partial charge in [-0.05, 0) is 31.2 Å². The predicted octanol–water partition coefficient (Wildman–Crippen LogP) is 2.70. The summed E-state index contributed by atoms with van der Waals surface area (Å²) in [5, 5.41) is 9.21. The Morgan fingerprint density at radius 2 is 1.96 bits per heavy atom. The summed E-state index contributed by atoms with van der Waals surface area (Å²) in [4.78, 5) is 15.6. The number of aliphatic imine (C=N–C) groups is 1. The van der Waals surface area contributed by atoms with Crippen LogP contribution in [0.25, 0.3) is 0 Å². The molecule has 0 aliphatic carbocycles. The Morgan fingerprint density at radius 3 is 2.67 bits per heavy atom. The molecule has 1 aromatic heterocycles. The second-order valence-electron chi connectivity index (χ2n) is 5.67. The van der Waals surface area contributed by atoms with Crippen molar-refractivity contribution in [3.8, 4) is 5.75 Å². The van der Waals surface area contributed by atoms with Crippen molar-refractivity contribution in [1.29, 1.82) is 0 Å². The van der Waals surface area contributed by atoms with Gasteiger partial charge in [0.25, 0.3) is 0 Å². The molecule has 1 amide bonds. The molecule has 2 aromatic rings. The highest BCUT2D eigenvalue weighted by atomic mass is 127. The fourth-order valence-corrected chi connectivity index (χ4v) is 2.34. The van der Waals surface area contributed by atoms with E-state index in [9.17, 15) is 4.79 Å². The van der Waals surface area contributed by atoms with E-state index in [1.807, 2.05) is 49.6 Å². The monoisotopic (exact) mass is 485 g/mol. The predicted molar refractivity (Wildman–Crippen MR) is 120 cm³/mol. The van der Waals surface area contributed by atoms with Gasteiger partial charge in [0, 0.05) is 44.2 Å². The third-order valence-electron chi connectivity index (χ3n) is 3.46. The number of guanidine groups is 1. The number of hydrogen-bond donors (Lipinski definition) is 3. The number of halogens is 1. The van der Waals surface area contributed by atoms with Gasteiger partial charge in [0.05, 0.1) is 13.1 Å². The average Bonchev–Trinajstić information content (AvgIpc) is 3.12. The first-order chi connectivity index (χ1) is 12.7. The molecular formula is C19H28IN5O2. The standard InChI is InChI=1S/C19H27N5O2.HI/c1-3-20-19(21-9-13-24-11-4-5-12-24)22-10-14-26-18-8-6-7-17(15-18)23-16(2)25;/h4-8,11-12,15H,3,9-10,13-14H2,1-2H3,(H,23,25)(H2,20,21,22);1H. The zero-order valence-electron chi connectivity index (χ0n) is 15.8. The minimum atomic E-state index is -0.102. The molecule has 0 atom stereocenters. The fraction of sp³-hybridized carbons (Fsp3) is 0.368. The molecule has 1 aromatic carbocycles. The van der Waals surface area contributed by atoms with Crippen molar-refractivity contribution in [2.75, 3.05) is 31.6 Å². The van der Waals surface area contributed by atoms with Crippen molar-refractivity contribution in [3.63, 3.8) is 0 Å². The number of anilines is 1. The molecule has 0 aliphatic heterocycles. The molecule has 0 radical (unpaired) electrons. The summed E-state index contributed by atoms with van der Waals surface area (Å²) in [6.07, 6.45) is 4.05. The number of nitrogens with one attached hydrogen (secondary N) is 3. The number of rotatable bonds is 9. The SMILES string of the molecule is CCNC(=NCCn1cccc1)NCCOc1cccc(NC(C)=O)c1.I. The van der Waals surface area contributed by atoms with Crippen molar-refractivity contribution < 1.29 is 9.53 Å². The van der Waals surface area contributed by atoms with Gasteiger partial charge in [0.2, 0.25) is 5.91 Å². The molecule has 0 unspecified atom stereocenters. The molecule has 7 nitrogen and oxygen atoms in total. The summed E-state index contributed by atoms with van der Waals surface area (Å²) in [7, 11) is 0. The minimum Gasteiger partial charge on any atom is -0.492 e. The van der Waals surface area contributed by atoms with Crippen LogP contribution in [0.15, 0.2) is 53.8 Å². The van der Waals surface area contributed by atoms with Crippen LogP contribution in [0.2, 0.25) is 0 Å². The normalized spacial score (nSPS) is 10.7. The molecular weight excluding hydrogens is 457 g/mol. The summed E-state index contributed by atoms with van der Waals surface area (Å²) in [5.41, 5.74) is 0.725. The van der Waals surface area contributed by atoms with Crippen molar-refractivity contribution >= 4 is 41.5 Å². The Bertz CT molecular complexity index is 704. The fourth-order valence-electron chi connectivity index (χ4n) is 2.34. The zero-order valence-corrected chi connectivity index (χ0v) is 18.1. The van der Waals surface area contributed by atoms with Gasteiger partial charge in [0.15, 0.2) is 5.96 Å². The maximum absolute atomic E-state index is 11.1. The Kier molecular flexibility index (Phi) is 11.0. The number of benzene rings is 1. The molecule has 0 saturated heterocycles. The average molecular weight is 485 g/mol. The molecule has 0 saturated carbocycles. The molecule has 0 fully saturated rings. The third-order valence-corrected chi connectivity index (χ3v) is 3.46.